The van der Waals surface area contributed by atoms with E-state index in [2.05, 4.69) is 0 Å². The molecule has 2 rings (SSSR count). The highest BCUT2D eigenvalue weighted by Gasteiger charge is 2.44. The van der Waals surface area contributed by atoms with Gasteiger partial charge in [-0.15, -0.1) is 0 Å². The maximum Gasteiger partial charge on any atom is 0.416 e. The summed E-state index contributed by atoms with van der Waals surface area (Å²) in [5.74, 6) is 0. The number of hydrogen-bond donors (Lipinski definition) is 1. The number of benzene rings is 1. The molecule has 1 aromatic rings. The molecule has 0 amide bonds. The van der Waals surface area contributed by atoms with Gasteiger partial charge in [-0.25, -0.2) is 9.53 Å². The molecule has 0 spiro atoms. The Kier molecular flexibility index (Phi) is 4.02. The van der Waals surface area contributed by atoms with Gasteiger partial charge in [0.25, 0.3) is 10.2 Å². The van der Waals surface area contributed by atoms with Gasteiger partial charge in [-0.05, 0) is 18.9 Å². The number of piperidine rings is 1. The molecule has 1 heterocycles. The minimum absolute atomic E-state index is 0.248. The number of nitrogens with two attached hydrogens (primary N) is 1. The Balaban J connectivity index is 2.32. The van der Waals surface area contributed by atoms with Gasteiger partial charge in [-0.2, -0.15) is 25.9 Å². The number of rotatable bonds is 2. The highest BCUT2D eigenvalue weighted by Crippen LogP contribution is 2.43. The van der Waals surface area contributed by atoms with Crippen LogP contribution in [-0.4, -0.2) is 25.8 Å². The van der Waals surface area contributed by atoms with E-state index in [0.29, 0.717) is 0 Å². The Morgan fingerprint density at radius 1 is 1.14 bits per heavy atom. The minimum Gasteiger partial charge on any atom is -0.239 e. The van der Waals surface area contributed by atoms with Gasteiger partial charge >= 0.3 is 6.18 Å². The van der Waals surface area contributed by atoms with Crippen molar-refractivity contribution in [1.29, 1.82) is 0 Å². The first kappa shape index (κ1) is 16.2. The molecule has 2 N–H and O–H groups in total. The van der Waals surface area contributed by atoms with E-state index >= 15 is 0 Å². The lowest BCUT2D eigenvalue weighted by atomic mass is 9.84. The monoisotopic (exact) mass is 326 g/mol. The summed E-state index contributed by atoms with van der Waals surface area (Å²) < 4.78 is 76.9. The van der Waals surface area contributed by atoms with Gasteiger partial charge in [0.1, 0.15) is 5.67 Å². The van der Waals surface area contributed by atoms with Crippen molar-refractivity contribution >= 4 is 10.2 Å². The van der Waals surface area contributed by atoms with E-state index < -0.39 is 33.2 Å². The first-order valence-corrected chi connectivity index (χ1v) is 7.68. The van der Waals surface area contributed by atoms with Crippen LogP contribution in [0.1, 0.15) is 24.0 Å². The third-order valence-electron chi connectivity index (χ3n) is 3.59. The van der Waals surface area contributed by atoms with Crippen molar-refractivity contribution in [1.82, 2.24) is 4.31 Å². The molecule has 1 fully saturated rings. The lowest BCUT2D eigenvalue weighted by Crippen LogP contribution is -2.46. The summed E-state index contributed by atoms with van der Waals surface area (Å²) in [6.07, 6.45) is -5.39. The van der Waals surface area contributed by atoms with Gasteiger partial charge in [0.05, 0.1) is 5.56 Å². The second-order valence-electron chi connectivity index (χ2n) is 4.95. The number of nitrogens with zero attached hydrogens (tertiary/aromatic N) is 1. The van der Waals surface area contributed by atoms with Crippen molar-refractivity contribution < 1.29 is 26.0 Å². The Morgan fingerprint density at radius 3 is 2.14 bits per heavy atom. The van der Waals surface area contributed by atoms with E-state index in [4.69, 9.17) is 5.14 Å². The van der Waals surface area contributed by atoms with Crippen LogP contribution in [0.15, 0.2) is 24.3 Å². The van der Waals surface area contributed by atoms with Gasteiger partial charge in [-0.3, -0.25) is 0 Å². The lowest BCUT2D eigenvalue weighted by molar-refractivity contribution is -0.140. The van der Waals surface area contributed by atoms with Gasteiger partial charge in [-0.1, -0.05) is 18.2 Å². The summed E-state index contributed by atoms with van der Waals surface area (Å²) >= 11 is 0. The lowest BCUT2D eigenvalue weighted by Gasteiger charge is -2.36. The molecule has 118 valence electrons. The third-order valence-corrected chi connectivity index (χ3v) is 4.67. The zero-order valence-corrected chi connectivity index (χ0v) is 11.7. The average Bonchev–Trinajstić information content (AvgIpc) is 2.37. The minimum atomic E-state index is -4.66. The first-order valence-electron chi connectivity index (χ1n) is 6.17. The van der Waals surface area contributed by atoms with Crippen molar-refractivity contribution in [2.45, 2.75) is 24.7 Å². The van der Waals surface area contributed by atoms with Crippen LogP contribution in [0.25, 0.3) is 0 Å². The molecule has 4 nitrogen and oxygen atoms in total. The molecule has 1 saturated heterocycles. The highest BCUT2D eigenvalue weighted by molar-refractivity contribution is 7.86. The van der Waals surface area contributed by atoms with E-state index in [1.54, 1.807) is 0 Å². The third kappa shape index (κ3) is 3.35. The van der Waals surface area contributed by atoms with Gasteiger partial charge in [0.15, 0.2) is 0 Å². The SMILES string of the molecule is NS(=O)(=O)N1CCC(F)(c2ccccc2C(F)(F)F)CC1. The topological polar surface area (TPSA) is 63.4 Å². The zero-order chi connectivity index (χ0) is 15.9. The summed E-state index contributed by atoms with van der Waals surface area (Å²) in [6.45, 7) is -0.497. The maximum atomic E-state index is 14.9. The molecule has 1 aromatic carbocycles. The summed E-state index contributed by atoms with van der Waals surface area (Å²) in [7, 11) is -3.95. The van der Waals surface area contributed by atoms with Gasteiger partial charge in [0.2, 0.25) is 0 Å². The molecule has 0 bridgehead atoms. The van der Waals surface area contributed by atoms with Crippen LogP contribution in [0.2, 0.25) is 0 Å². The predicted molar refractivity (Wildman–Crippen MR) is 68.1 cm³/mol. The van der Waals surface area contributed by atoms with Crippen molar-refractivity contribution in [3.63, 3.8) is 0 Å². The summed E-state index contributed by atoms with van der Waals surface area (Å²) in [6, 6.07) is 4.44. The fourth-order valence-corrected chi connectivity index (χ4v) is 3.18. The molecule has 21 heavy (non-hydrogen) atoms. The van der Waals surface area contributed by atoms with Crippen LogP contribution in [0.4, 0.5) is 17.6 Å². The molecule has 9 heteroatoms. The van der Waals surface area contributed by atoms with E-state index in [9.17, 15) is 26.0 Å². The molecule has 1 aliphatic rings. The highest BCUT2D eigenvalue weighted by atomic mass is 32.2. The van der Waals surface area contributed by atoms with Gasteiger partial charge < -0.3 is 0 Å². The van der Waals surface area contributed by atoms with Crippen molar-refractivity contribution in [3.8, 4) is 0 Å². The number of hydrogen-bond acceptors (Lipinski definition) is 2. The molecule has 0 aliphatic carbocycles. The Hall–Kier alpha value is -1.19. The number of alkyl halides is 4. The second-order valence-corrected chi connectivity index (χ2v) is 6.50. The standard InChI is InChI=1S/C12H14F4N2O2S/c13-11(5-7-18(8-6-11)21(17,19)20)9-3-1-2-4-10(9)12(14,15)16/h1-4H,5-8H2,(H2,17,19,20). The largest absolute Gasteiger partial charge is 0.416 e. The Bertz CT molecular complexity index is 622. The fourth-order valence-electron chi connectivity index (χ4n) is 2.49. The Morgan fingerprint density at radius 2 is 1.67 bits per heavy atom. The molecule has 0 atom stereocenters. The van der Waals surface area contributed by atoms with Crippen molar-refractivity contribution in [3.05, 3.63) is 35.4 Å². The van der Waals surface area contributed by atoms with Crippen LogP contribution in [0.3, 0.4) is 0 Å². The molecule has 1 aliphatic heterocycles. The smallest absolute Gasteiger partial charge is 0.239 e. The van der Waals surface area contributed by atoms with Crippen LogP contribution in [0.5, 0.6) is 0 Å². The Labute approximate surface area is 119 Å². The quantitative estimate of drug-likeness (QED) is 0.847. The van der Waals surface area contributed by atoms with Crippen molar-refractivity contribution in [2.75, 3.05) is 13.1 Å². The number of halogens is 4. The summed E-state index contributed by atoms with van der Waals surface area (Å²) in [5.41, 5.74) is -3.70. The molecular weight excluding hydrogens is 312 g/mol. The van der Waals surface area contributed by atoms with E-state index in [1.807, 2.05) is 0 Å². The average molecular weight is 326 g/mol. The predicted octanol–water partition coefficient (Wildman–Crippen LogP) is 2.17. The first-order chi connectivity index (χ1) is 9.54. The maximum absolute atomic E-state index is 14.9. The van der Waals surface area contributed by atoms with Crippen molar-refractivity contribution in [2.24, 2.45) is 5.14 Å². The van der Waals surface area contributed by atoms with Crippen LogP contribution in [-0.2, 0) is 22.1 Å². The van der Waals surface area contributed by atoms with E-state index in [0.717, 1.165) is 16.4 Å². The van der Waals surface area contributed by atoms with Gasteiger partial charge in [0, 0.05) is 18.7 Å². The molecule has 0 unspecified atom stereocenters. The second kappa shape index (κ2) is 5.22. The molecule has 0 radical (unpaired) electrons. The molecular formula is C12H14F4N2O2S. The van der Waals surface area contributed by atoms with Crippen LogP contribution >= 0.6 is 0 Å². The fraction of sp³-hybridized carbons (Fsp3) is 0.500. The molecule has 0 aromatic heterocycles. The van der Waals surface area contributed by atoms with Crippen LogP contribution in [0, 0.1) is 0 Å². The molecule has 0 saturated carbocycles. The van der Waals surface area contributed by atoms with Crippen LogP contribution < -0.4 is 5.14 Å². The normalized spacial score (nSPS) is 20.4. The zero-order valence-electron chi connectivity index (χ0n) is 10.9. The van der Waals surface area contributed by atoms with E-state index in [1.165, 1.54) is 12.1 Å². The summed E-state index contributed by atoms with van der Waals surface area (Å²) in [5, 5.41) is 4.93. The van der Waals surface area contributed by atoms with E-state index in [-0.39, 0.29) is 25.9 Å². The summed E-state index contributed by atoms with van der Waals surface area (Å²) in [4.78, 5) is 0.